The highest BCUT2D eigenvalue weighted by molar-refractivity contribution is 5.75. The Morgan fingerprint density at radius 1 is 1.37 bits per heavy atom. The number of anilines is 3. The van der Waals surface area contributed by atoms with Crippen molar-refractivity contribution in [2.24, 2.45) is 0 Å². The summed E-state index contributed by atoms with van der Waals surface area (Å²) in [7, 11) is 1.60. The van der Waals surface area contributed by atoms with Crippen LogP contribution in [0.15, 0.2) is 6.33 Å². The summed E-state index contributed by atoms with van der Waals surface area (Å²) < 4.78 is 4.92. The van der Waals surface area contributed by atoms with E-state index in [0.29, 0.717) is 30.5 Å². The molecular formula is C11H15N7O. The predicted octanol–water partition coefficient (Wildman–Crippen LogP) is -0.0293. The number of nitrogens with zero attached hydrogens (tertiary/aromatic N) is 5. The van der Waals surface area contributed by atoms with E-state index in [9.17, 15) is 0 Å². The van der Waals surface area contributed by atoms with Crippen LogP contribution in [-0.2, 0) is 4.74 Å². The molecule has 1 rings (SSSR count). The first-order valence-corrected chi connectivity index (χ1v) is 5.56. The fraction of sp³-hybridized carbons (Fsp3) is 0.455. The molecule has 0 aliphatic carbocycles. The smallest absolute Gasteiger partial charge is 0.159 e. The van der Waals surface area contributed by atoms with E-state index in [0.717, 1.165) is 0 Å². The molecule has 3 N–H and O–H groups in total. The van der Waals surface area contributed by atoms with Gasteiger partial charge in [0.15, 0.2) is 11.6 Å². The first kappa shape index (κ1) is 14.5. The molecule has 0 radical (unpaired) electrons. The first-order valence-electron chi connectivity index (χ1n) is 5.56. The van der Waals surface area contributed by atoms with Crippen molar-refractivity contribution in [3.63, 3.8) is 0 Å². The van der Waals surface area contributed by atoms with Crippen molar-refractivity contribution in [3.05, 3.63) is 6.33 Å². The molecule has 1 aromatic rings. The van der Waals surface area contributed by atoms with Crippen molar-refractivity contribution in [1.82, 2.24) is 9.97 Å². The second-order valence-corrected chi connectivity index (χ2v) is 3.55. The second-order valence-electron chi connectivity index (χ2n) is 3.55. The molecule has 0 aliphatic heterocycles. The number of hydrogen-bond acceptors (Lipinski definition) is 8. The lowest BCUT2D eigenvalue weighted by atomic mass is 10.3. The summed E-state index contributed by atoms with van der Waals surface area (Å²) in [5.41, 5.74) is 6.25. The van der Waals surface area contributed by atoms with Crippen LogP contribution in [0.4, 0.5) is 17.3 Å². The summed E-state index contributed by atoms with van der Waals surface area (Å²) >= 11 is 0. The molecule has 0 unspecified atom stereocenters. The minimum Gasteiger partial charge on any atom is -0.393 e. The average Bonchev–Trinajstić information content (AvgIpc) is 2.41. The molecule has 8 heteroatoms. The van der Waals surface area contributed by atoms with E-state index in [1.54, 1.807) is 7.11 Å². The summed E-state index contributed by atoms with van der Waals surface area (Å²) in [4.78, 5) is 9.52. The van der Waals surface area contributed by atoms with E-state index in [1.807, 2.05) is 12.1 Å². The molecule has 0 aromatic carbocycles. The van der Waals surface area contributed by atoms with E-state index in [4.69, 9.17) is 21.0 Å². The van der Waals surface area contributed by atoms with Crippen molar-refractivity contribution in [2.75, 3.05) is 49.3 Å². The summed E-state index contributed by atoms with van der Waals surface area (Å²) in [5, 5.41) is 20.5. The van der Waals surface area contributed by atoms with Gasteiger partial charge in [-0.25, -0.2) is 9.97 Å². The maximum absolute atomic E-state index is 8.74. The van der Waals surface area contributed by atoms with Crippen LogP contribution < -0.4 is 16.0 Å². The second kappa shape index (κ2) is 7.69. The van der Waals surface area contributed by atoms with Gasteiger partial charge in [0.25, 0.3) is 0 Å². The van der Waals surface area contributed by atoms with Gasteiger partial charge in [-0.3, -0.25) is 0 Å². The zero-order chi connectivity index (χ0) is 14.1. The molecule has 100 valence electrons. The van der Waals surface area contributed by atoms with Crippen molar-refractivity contribution in [1.29, 1.82) is 10.5 Å². The van der Waals surface area contributed by atoms with Gasteiger partial charge in [0, 0.05) is 13.7 Å². The van der Waals surface area contributed by atoms with Crippen LogP contribution in [0.2, 0.25) is 0 Å². The molecule has 8 nitrogen and oxygen atoms in total. The molecule has 0 bridgehead atoms. The van der Waals surface area contributed by atoms with Crippen molar-refractivity contribution >= 4 is 17.3 Å². The normalized spacial score (nSPS) is 9.42. The van der Waals surface area contributed by atoms with E-state index in [2.05, 4.69) is 15.3 Å². The van der Waals surface area contributed by atoms with Gasteiger partial charge in [0.2, 0.25) is 0 Å². The Morgan fingerprint density at radius 3 is 2.63 bits per heavy atom. The molecule has 1 heterocycles. The lowest BCUT2D eigenvalue weighted by Crippen LogP contribution is -2.26. The summed E-state index contributed by atoms with van der Waals surface area (Å²) in [6.07, 6.45) is 1.34. The summed E-state index contributed by atoms with van der Waals surface area (Å²) in [6.45, 7) is 1.13. The molecule has 0 atom stereocenters. The van der Waals surface area contributed by atoms with Crippen LogP contribution in [0.5, 0.6) is 0 Å². The minimum absolute atomic E-state index is 0.0340. The Hall–Kier alpha value is -2.58. The number of nitrogen functional groups attached to an aromatic ring is 1. The predicted molar refractivity (Wildman–Crippen MR) is 70.2 cm³/mol. The Balaban J connectivity index is 2.92. The maximum Gasteiger partial charge on any atom is 0.159 e. The Kier molecular flexibility index (Phi) is 5.86. The van der Waals surface area contributed by atoms with Gasteiger partial charge >= 0.3 is 0 Å². The lowest BCUT2D eigenvalue weighted by molar-refractivity contribution is 0.210. The number of hydrogen-bond donors (Lipinski definition) is 2. The zero-order valence-corrected chi connectivity index (χ0v) is 10.6. The highest BCUT2D eigenvalue weighted by atomic mass is 16.5. The molecule has 0 aliphatic rings. The lowest BCUT2D eigenvalue weighted by Gasteiger charge is -2.19. The van der Waals surface area contributed by atoms with Gasteiger partial charge in [-0.15, -0.1) is 0 Å². The number of nitriles is 2. The summed E-state index contributed by atoms with van der Waals surface area (Å²) in [5.74, 6) is 0.834. The van der Waals surface area contributed by atoms with Crippen molar-refractivity contribution in [3.8, 4) is 12.1 Å². The number of aromatic nitrogens is 2. The van der Waals surface area contributed by atoms with E-state index in [1.165, 1.54) is 11.2 Å². The number of methoxy groups -OCH3 is 1. The third-order valence-corrected chi connectivity index (χ3v) is 2.28. The zero-order valence-electron chi connectivity index (χ0n) is 10.6. The third kappa shape index (κ3) is 3.98. The number of ether oxygens (including phenoxy) is 1. The van der Waals surface area contributed by atoms with Crippen LogP contribution in [0.25, 0.3) is 0 Å². The van der Waals surface area contributed by atoms with Crippen LogP contribution in [0, 0.1) is 22.7 Å². The van der Waals surface area contributed by atoms with E-state index < -0.39 is 0 Å². The molecule has 0 amide bonds. The van der Waals surface area contributed by atoms with Crippen LogP contribution in [0.3, 0.4) is 0 Å². The quantitative estimate of drug-likeness (QED) is 0.518. The van der Waals surface area contributed by atoms with Gasteiger partial charge in [-0.2, -0.15) is 10.5 Å². The number of nitrogens with two attached hydrogens (primary N) is 1. The SMILES string of the molecule is COCCNc1ncnc(N(CC#N)CC#N)c1N. The third-order valence-electron chi connectivity index (χ3n) is 2.28. The minimum atomic E-state index is 0.0340. The van der Waals surface area contributed by atoms with E-state index in [-0.39, 0.29) is 13.1 Å². The van der Waals surface area contributed by atoms with Gasteiger partial charge in [-0.1, -0.05) is 0 Å². The highest BCUT2D eigenvalue weighted by Crippen LogP contribution is 2.25. The van der Waals surface area contributed by atoms with Gasteiger partial charge < -0.3 is 20.7 Å². The Bertz CT molecular complexity index is 475. The van der Waals surface area contributed by atoms with E-state index >= 15 is 0 Å². The summed E-state index contributed by atoms with van der Waals surface area (Å²) in [6, 6.07) is 3.94. The molecule has 0 saturated heterocycles. The average molecular weight is 261 g/mol. The molecule has 0 fully saturated rings. The van der Waals surface area contributed by atoms with Crippen molar-refractivity contribution in [2.45, 2.75) is 0 Å². The number of nitrogens with one attached hydrogen (secondary N) is 1. The van der Waals surface area contributed by atoms with Gasteiger partial charge in [-0.05, 0) is 0 Å². The topological polar surface area (TPSA) is 124 Å². The number of rotatable bonds is 7. The monoisotopic (exact) mass is 261 g/mol. The fourth-order valence-electron chi connectivity index (χ4n) is 1.43. The molecule has 0 spiro atoms. The van der Waals surface area contributed by atoms with Crippen LogP contribution >= 0.6 is 0 Å². The van der Waals surface area contributed by atoms with Gasteiger partial charge in [0.05, 0.1) is 18.7 Å². The molecule has 0 saturated carbocycles. The van der Waals surface area contributed by atoms with Crippen molar-refractivity contribution < 1.29 is 4.74 Å². The molecular weight excluding hydrogens is 246 g/mol. The molecule has 19 heavy (non-hydrogen) atoms. The Morgan fingerprint density at radius 2 is 2.05 bits per heavy atom. The first-order chi connectivity index (χ1) is 9.24. The fourth-order valence-corrected chi connectivity index (χ4v) is 1.43. The maximum atomic E-state index is 8.74. The van der Waals surface area contributed by atoms with Gasteiger partial charge in [0.1, 0.15) is 25.1 Å². The van der Waals surface area contributed by atoms with Crippen LogP contribution in [0.1, 0.15) is 0 Å². The Labute approximate surface area is 111 Å². The highest BCUT2D eigenvalue weighted by Gasteiger charge is 2.14. The molecule has 1 aromatic heterocycles. The van der Waals surface area contributed by atoms with Crippen LogP contribution in [-0.4, -0.2) is 43.3 Å². The standard InChI is InChI=1S/C11H15N7O/c1-19-7-4-15-10-9(14)11(17-8-16-10)18(5-2-12)6-3-13/h8H,4-7,14H2,1H3,(H,15,16,17). The largest absolute Gasteiger partial charge is 0.393 e.